The number of halogens is 1. The van der Waals surface area contributed by atoms with Crippen molar-refractivity contribution < 1.29 is 14.5 Å². The predicted octanol–water partition coefficient (Wildman–Crippen LogP) is 1.63. The minimum atomic E-state index is -0.486. The van der Waals surface area contributed by atoms with Crippen LogP contribution in [0.5, 0.6) is 0 Å². The highest BCUT2D eigenvalue weighted by Crippen LogP contribution is 2.30. The van der Waals surface area contributed by atoms with Gasteiger partial charge in [-0.25, -0.2) is 4.98 Å². The van der Waals surface area contributed by atoms with Gasteiger partial charge in [-0.3, -0.25) is 14.9 Å². The molecule has 9 heteroatoms. The number of methoxy groups -OCH3 is 1. The second kappa shape index (κ2) is 8.53. The molecule has 0 saturated carbocycles. The van der Waals surface area contributed by atoms with Crippen LogP contribution in [0.3, 0.4) is 0 Å². The molecule has 0 radical (unpaired) electrons. The Morgan fingerprint density at radius 3 is 2.86 bits per heavy atom. The predicted molar refractivity (Wildman–Crippen MR) is 81.3 cm³/mol. The summed E-state index contributed by atoms with van der Waals surface area (Å²) in [6.45, 7) is 2.94. The Bertz CT molecular complexity index is 524. The van der Waals surface area contributed by atoms with Crippen LogP contribution in [-0.4, -0.2) is 42.6 Å². The van der Waals surface area contributed by atoms with E-state index in [1.165, 1.54) is 6.20 Å². The van der Waals surface area contributed by atoms with Gasteiger partial charge in [0, 0.05) is 32.2 Å². The van der Waals surface area contributed by atoms with E-state index >= 15 is 0 Å². The van der Waals surface area contributed by atoms with Crippen LogP contribution in [0.15, 0.2) is 10.7 Å². The molecular formula is C12H17BrN4O4. The third kappa shape index (κ3) is 5.27. The lowest BCUT2D eigenvalue weighted by Crippen LogP contribution is -2.28. The first-order chi connectivity index (χ1) is 9.97. The van der Waals surface area contributed by atoms with Gasteiger partial charge in [-0.1, -0.05) is 0 Å². The molecule has 116 valence electrons. The standard InChI is InChI=1S/C12H17BrN4O4/c1-8-9(17(19)20)7-16-12(11(8)13)15-4-3-10(18)14-5-6-21-2/h7H,3-6H2,1-2H3,(H,14,18)(H,15,16). The Labute approximate surface area is 130 Å². The molecule has 1 aromatic rings. The normalized spacial score (nSPS) is 10.2. The average molecular weight is 361 g/mol. The topological polar surface area (TPSA) is 106 Å². The zero-order valence-electron chi connectivity index (χ0n) is 11.8. The van der Waals surface area contributed by atoms with Crippen molar-refractivity contribution in [3.63, 3.8) is 0 Å². The quantitative estimate of drug-likeness (QED) is 0.414. The lowest BCUT2D eigenvalue weighted by atomic mass is 10.2. The number of anilines is 1. The number of nitrogens with zero attached hydrogens (tertiary/aromatic N) is 2. The van der Waals surface area contributed by atoms with Gasteiger partial charge in [-0.15, -0.1) is 0 Å². The number of nitro groups is 1. The monoisotopic (exact) mass is 360 g/mol. The Kier molecular flexibility index (Phi) is 7.03. The third-order valence-electron chi connectivity index (χ3n) is 2.71. The van der Waals surface area contributed by atoms with E-state index < -0.39 is 4.92 Å². The zero-order chi connectivity index (χ0) is 15.8. The van der Waals surface area contributed by atoms with Crippen molar-refractivity contribution in [3.8, 4) is 0 Å². The van der Waals surface area contributed by atoms with E-state index in [0.29, 0.717) is 35.6 Å². The molecule has 0 fully saturated rings. The van der Waals surface area contributed by atoms with Gasteiger partial charge in [0.15, 0.2) is 0 Å². The van der Waals surface area contributed by atoms with Crippen molar-refractivity contribution in [2.45, 2.75) is 13.3 Å². The lowest BCUT2D eigenvalue weighted by molar-refractivity contribution is -0.385. The molecule has 0 saturated heterocycles. The fourth-order valence-electron chi connectivity index (χ4n) is 1.55. The van der Waals surface area contributed by atoms with Crippen molar-refractivity contribution in [2.24, 2.45) is 0 Å². The first-order valence-electron chi connectivity index (χ1n) is 6.26. The van der Waals surface area contributed by atoms with Gasteiger partial charge in [0.25, 0.3) is 5.69 Å². The van der Waals surface area contributed by atoms with Gasteiger partial charge in [0.05, 0.1) is 16.0 Å². The van der Waals surface area contributed by atoms with E-state index in [-0.39, 0.29) is 18.0 Å². The summed E-state index contributed by atoms with van der Waals surface area (Å²) < 4.78 is 5.35. The molecule has 1 rings (SSSR count). The third-order valence-corrected chi connectivity index (χ3v) is 3.68. The van der Waals surface area contributed by atoms with Crippen molar-refractivity contribution >= 4 is 33.3 Å². The van der Waals surface area contributed by atoms with Crippen LogP contribution in [0.1, 0.15) is 12.0 Å². The van der Waals surface area contributed by atoms with Crippen LogP contribution in [0.2, 0.25) is 0 Å². The summed E-state index contributed by atoms with van der Waals surface area (Å²) in [7, 11) is 1.56. The van der Waals surface area contributed by atoms with Crippen LogP contribution in [0.4, 0.5) is 11.5 Å². The number of ether oxygens (including phenoxy) is 1. The zero-order valence-corrected chi connectivity index (χ0v) is 13.4. The summed E-state index contributed by atoms with van der Waals surface area (Å²) >= 11 is 3.27. The molecule has 0 atom stereocenters. The molecule has 2 N–H and O–H groups in total. The van der Waals surface area contributed by atoms with Crippen LogP contribution < -0.4 is 10.6 Å². The summed E-state index contributed by atoms with van der Waals surface area (Å²) in [4.78, 5) is 25.7. The van der Waals surface area contributed by atoms with Crippen LogP contribution in [0.25, 0.3) is 0 Å². The van der Waals surface area contributed by atoms with Gasteiger partial charge < -0.3 is 15.4 Å². The molecule has 0 unspecified atom stereocenters. The van der Waals surface area contributed by atoms with Gasteiger partial charge in [0.2, 0.25) is 5.91 Å². The highest BCUT2D eigenvalue weighted by atomic mass is 79.9. The summed E-state index contributed by atoms with van der Waals surface area (Å²) in [5.41, 5.74) is 0.437. The number of pyridine rings is 1. The second-order valence-electron chi connectivity index (χ2n) is 4.21. The van der Waals surface area contributed by atoms with E-state index in [4.69, 9.17) is 4.74 Å². The number of hydrogen-bond donors (Lipinski definition) is 2. The molecule has 0 aliphatic carbocycles. The molecule has 0 bridgehead atoms. The van der Waals surface area contributed by atoms with E-state index in [0.717, 1.165) is 0 Å². The van der Waals surface area contributed by atoms with E-state index in [2.05, 4.69) is 31.5 Å². The fourth-order valence-corrected chi connectivity index (χ4v) is 2.00. The van der Waals surface area contributed by atoms with Crippen molar-refractivity contribution in [2.75, 3.05) is 32.1 Å². The molecule has 1 aromatic heterocycles. The minimum absolute atomic E-state index is 0.0512. The largest absolute Gasteiger partial charge is 0.383 e. The number of nitrogens with one attached hydrogen (secondary N) is 2. The summed E-state index contributed by atoms with van der Waals surface area (Å²) in [5, 5.41) is 16.4. The number of amides is 1. The van der Waals surface area contributed by atoms with Crippen molar-refractivity contribution in [1.29, 1.82) is 0 Å². The molecule has 0 aliphatic rings. The van der Waals surface area contributed by atoms with Gasteiger partial charge >= 0.3 is 0 Å². The van der Waals surface area contributed by atoms with Crippen LogP contribution >= 0.6 is 15.9 Å². The van der Waals surface area contributed by atoms with Gasteiger partial charge in [-0.2, -0.15) is 0 Å². The molecule has 8 nitrogen and oxygen atoms in total. The number of carbonyl (C=O) groups excluding carboxylic acids is 1. The van der Waals surface area contributed by atoms with E-state index in [9.17, 15) is 14.9 Å². The van der Waals surface area contributed by atoms with Gasteiger partial charge in [-0.05, 0) is 22.9 Å². The van der Waals surface area contributed by atoms with Crippen LogP contribution in [0, 0.1) is 17.0 Å². The van der Waals surface area contributed by atoms with Crippen LogP contribution in [-0.2, 0) is 9.53 Å². The highest BCUT2D eigenvalue weighted by Gasteiger charge is 2.16. The van der Waals surface area contributed by atoms with E-state index in [1.54, 1.807) is 14.0 Å². The maximum atomic E-state index is 11.5. The number of carbonyl (C=O) groups is 1. The van der Waals surface area contributed by atoms with Crippen molar-refractivity contribution in [3.05, 3.63) is 26.3 Å². The highest BCUT2D eigenvalue weighted by molar-refractivity contribution is 9.10. The lowest BCUT2D eigenvalue weighted by Gasteiger charge is -2.09. The Balaban J connectivity index is 2.51. The smallest absolute Gasteiger partial charge is 0.291 e. The molecule has 1 amide bonds. The molecule has 21 heavy (non-hydrogen) atoms. The number of hydrogen-bond acceptors (Lipinski definition) is 6. The maximum absolute atomic E-state index is 11.5. The average Bonchev–Trinajstić information content (AvgIpc) is 2.43. The maximum Gasteiger partial charge on any atom is 0.291 e. The Morgan fingerprint density at radius 1 is 1.52 bits per heavy atom. The Hall–Kier alpha value is -1.74. The van der Waals surface area contributed by atoms with E-state index in [1.807, 2.05) is 0 Å². The fraction of sp³-hybridized carbons (Fsp3) is 0.500. The molecule has 0 aromatic carbocycles. The first kappa shape index (κ1) is 17.3. The minimum Gasteiger partial charge on any atom is -0.383 e. The summed E-state index contributed by atoms with van der Waals surface area (Å²) in [6, 6.07) is 0. The second-order valence-corrected chi connectivity index (χ2v) is 5.00. The summed E-state index contributed by atoms with van der Waals surface area (Å²) in [6.07, 6.45) is 1.47. The summed E-state index contributed by atoms with van der Waals surface area (Å²) in [5.74, 6) is 0.372. The van der Waals surface area contributed by atoms with Crippen molar-refractivity contribution in [1.82, 2.24) is 10.3 Å². The van der Waals surface area contributed by atoms with Gasteiger partial charge in [0.1, 0.15) is 12.0 Å². The molecule has 0 aliphatic heterocycles. The SMILES string of the molecule is COCCNC(=O)CCNc1ncc([N+](=O)[O-])c(C)c1Br. The first-order valence-corrected chi connectivity index (χ1v) is 7.05. The molecule has 1 heterocycles. The number of aromatic nitrogens is 1. The number of rotatable bonds is 8. The Morgan fingerprint density at radius 2 is 2.24 bits per heavy atom. The molecule has 0 spiro atoms. The molecular weight excluding hydrogens is 344 g/mol.